The molecule has 3 rings (SSSR count). The first-order chi connectivity index (χ1) is 28.8. The lowest BCUT2D eigenvalue weighted by Crippen LogP contribution is -2.66. The van der Waals surface area contributed by atoms with E-state index >= 15 is 0 Å². The van der Waals surface area contributed by atoms with Crippen molar-refractivity contribution in [1.82, 2.24) is 5.32 Å². The topological polar surface area (TPSA) is 307 Å². The number of carbonyl (C=O) groups excluding carboxylic acids is 1. The van der Waals surface area contributed by atoms with Crippen LogP contribution in [0, 0.1) is 0 Å². The molecule has 17 unspecified atom stereocenters. The van der Waals surface area contributed by atoms with Gasteiger partial charge in [0.25, 0.3) is 0 Å². The highest BCUT2D eigenvalue weighted by molar-refractivity contribution is 5.76. The van der Waals surface area contributed by atoms with E-state index in [-0.39, 0.29) is 18.9 Å². The molecule has 17 atom stereocenters. The van der Waals surface area contributed by atoms with Crippen molar-refractivity contribution in [2.24, 2.45) is 0 Å². The number of allylic oxidation sites excluding steroid dienone is 2. The molecule has 0 spiro atoms. The SMILES string of the molecule is CCC/C=C\CCCCCCCC(=O)NC(COC1OC(CO)C(OC2OC(CO)C(OC3OC(CO)C(O)C(O)C3O)C(O)C2O)C(O)C1O)C(O)CCCCCCC. The summed E-state index contributed by atoms with van der Waals surface area (Å²) >= 11 is 0. The second-order valence-corrected chi connectivity index (χ2v) is 16.2. The number of hydrogen-bond acceptors (Lipinski definition) is 18. The normalized spacial score (nSPS) is 36.0. The van der Waals surface area contributed by atoms with Crippen molar-refractivity contribution in [3.8, 4) is 0 Å². The predicted octanol–water partition coefficient (Wildman–Crippen LogP) is -1.26. The highest BCUT2D eigenvalue weighted by atomic mass is 16.8. The van der Waals surface area contributed by atoms with Crippen molar-refractivity contribution >= 4 is 5.91 Å². The second kappa shape index (κ2) is 28.3. The quantitative estimate of drug-likeness (QED) is 0.0323. The van der Waals surface area contributed by atoms with Crippen LogP contribution in [0.5, 0.6) is 0 Å². The van der Waals surface area contributed by atoms with Gasteiger partial charge in [-0.15, -0.1) is 0 Å². The number of rotatable bonds is 28. The molecule has 352 valence electrons. The van der Waals surface area contributed by atoms with Gasteiger partial charge in [0.15, 0.2) is 18.9 Å². The van der Waals surface area contributed by atoms with Crippen molar-refractivity contribution in [2.75, 3.05) is 26.4 Å². The molecule has 0 bridgehead atoms. The third-order valence-corrected chi connectivity index (χ3v) is 11.3. The van der Waals surface area contributed by atoms with Gasteiger partial charge in [0.1, 0.15) is 73.2 Å². The van der Waals surface area contributed by atoms with E-state index in [0.29, 0.717) is 12.8 Å². The highest BCUT2D eigenvalue weighted by Crippen LogP contribution is 2.33. The van der Waals surface area contributed by atoms with Crippen molar-refractivity contribution in [3.63, 3.8) is 0 Å². The maximum absolute atomic E-state index is 13.0. The Morgan fingerprint density at radius 2 is 1.08 bits per heavy atom. The van der Waals surface area contributed by atoms with Gasteiger partial charge >= 0.3 is 0 Å². The van der Waals surface area contributed by atoms with E-state index in [4.69, 9.17) is 28.4 Å². The molecule has 3 heterocycles. The summed E-state index contributed by atoms with van der Waals surface area (Å²) in [6.45, 7) is 1.54. The molecule has 0 saturated carbocycles. The largest absolute Gasteiger partial charge is 0.394 e. The van der Waals surface area contributed by atoms with E-state index in [9.17, 15) is 61.0 Å². The molecule has 0 aromatic rings. The number of amides is 1. The van der Waals surface area contributed by atoms with Crippen LogP contribution >= 0.6 is 0 Å². The standard InChI is InChI=1S/C41H75NO18/c1-3-5-7-9-10-11-12-13-15-17-19-29(47)42-24(25(46)18-16-14-8-6-4-2)23-55-39-35(53)32(50)37(27(21-44)57-39)60-41-36(54)33(51)38(28(22-45)58-41)59-40-34(52)31(49)30(48)26(20-43)56-40/h7,9,24-28,30-41,43-46,48-54H,3-6,8,10-23H2,1-2H3,(H,42,47)/b9-7-. The van der Waals surface area contributed by atoms with Gasteiger partial charge in [-0.2, -0.15) is 0 Å². The highest BCUT2D eigenvalue weighted by Gasteiger charge is 2.53. The van der Waals surface area contributed by atoms with Crippen molar-refractivity contribution in [3.05, 3.63) is 12.2 Å². The van der Waals surface area contributed by atoms with E-state index in [0.717, 1.165) is 77.0 Å². The lowest BCUT2D eigenvalue weighted by Gasteiger charge is -2.48. The summed E-state index contributed by atoms with van der Waals surface area (Å²) in [4.78, 5) is 13.0. The molecule has 0 aromatic heterocycles. The van der Waals surface area contributed by atoms with Crippen LogP contribution in [0.4, 0.5) is 0 Å². The molecule has 0 aliphatic carbocycles. The van der Waals surface area contributed by atoms with Crippen LogP contribution in [-0.4, -0.2) is 193 Å². The molecule has 60 heavy (non-hydrogen) atoms. The van der Waals surface area contributed by atoms with Gasteiger partial charge in [-0.3, -0.25) is 4.79 Å². The molecule has 19 heteroatoms. The third kappa shape index (κ3) is 16.0. The van der Waals surface area contributed by atoms with E-state index in [1.165, 1.54) is 0 Å². The lowest BCUT2D eigenvalue weighted by atomic mass is 9.96. The van der Waals surface area contributed by atoms with Crippen molar-refractivity contribution < 1.29 is 89.4 Å². The third-order valence-electron chi connectivity index (χ3n) is 11.3. The Morgan fingerprint density at radius 3 is 1.68 bits per heavy atom. The molecule has 3 saturated heterocycles. The zero-order chi connectivity index (χ0) is 44.2. The lowest BCUT2D eigenvalue weighted by molar-refractivity contribution is -0.379. The Morgan fingerprint density at radius 1 is 0.583 bits per heavy atom. The summed E-state index contributed by atoms with van der Waals surface area (Å²) in [5.74, 6) is -0.266. The average Bonchev–Trinajstić information content (AvgIpc) is 3.24. The molecule has 0 aromatic carbocycles. The van der Waals surface area contributed by atoms with Crippen LogP contribution in [0.1, 0.15) is 110 Å². The van der Waals surface area contributed by atoms with Crippen LogP contribution in [-0.2, 0) is 33.2 Å². The number of aliphatic hydroxyl groups excluding tert-OH is 11. The van der Waals surface area contributed by atoms with Gasteiger partial charge < -0.3 is 89.9 Å². The summed E-state index contributed by atoms with van der Waals surface area (Å²) in [5.41, 5.74) is 0. The number of unbranched alkanes of at least 4 members (excludes halogenated alkanes) is 10. The van der Waals surface area contributed by atoms with Crippen LogP contribution in [0.3, 0.4) is 0 Å². The summed E-state index contributed by atoms with van der Waals surface area (Å²) in [5, 5.41) is 119. The van der Waals surface area contributed by atoms with Gasteiger partial charge in [0.2, 0.25) is 5.91 Å². The Hall–Kier alpha value is -1.47. The van der Waals surface area contributed by atoms with Gasteiger partial charge in [-0.25, -0.2) is 0 Å². The van der Waals surface area contributed by atoms with Gasteiger partial charge in [-0.1, -0.05) is 83.8 Å². The smallest absolute Gasteiger partial charge is 0.220 e. The maximum Gasteiger partial charge on any atom is 0.220 e. The summed E-state index contributed by atoms with van der Waals surface area (Å²) in [6.07, 6.45) is -8.64. The molecule has 12 N–H and O–H groups in total. The summed E-state index contributed by atoms with van der Waals surface area (Å²) < 4.78 is 33.9. The fourth-order valence-corrected chi connectivity index (χ4v) is 7.55. The van der Waals surface area contributed by atoms with Crippen LogP contribution < -0.4 is 5.32 Å². The molecule has 3 fully saturated rings. The maximum atomic E-state index is 13.0. The fraction of sp³-hybridized carbons (Fsp3) is 0.927. The molecule has 3 aliphatic rings. The minimum atomic E-state index is -1.97. The summed E-state index contributed by atoms with van der Waals surface area (Å²) in [6, 6.07) is -0.881. The molecule has 19 nitrogen and oxygen atoms in total. The van der Waals surface area contributed by atoms with Gasteiger partial charge in [0, 0.05) is 6.42 Å². The fourth-order valence-electron chi connectivity index (χ4n) is 7.55. The first-order valence-electron chi connectivity index (χ1n) is 21.9. The second-order valence-electron chi connectivity index (χ2n) is 16.2. The van der Waals surface area contributed by atoms with Gasteiger partial charge in [-0.05, 0) is 32.1 Å². The Labute approximate surface area is 353 Å². The van der Waals surface area contributed by atoms with E-state index in [1.54, 1.807) is 0 Å². The monoisotopic (exact) mass is 869 g/mol. The molecule has 0 radical (unpaired) electrons. The zero-order valence-electron chi connectivity index (χ0n) is 35.2. The zero-order valence-corrected chi connectivity index (χ0v) is 35.2. The van der Waals surface area contributed by atoms with E-state index < -0.39 is 124 Å². The van der Waals surface area contributed by atoms with Crippen molar-refractivity contribution in [1.29, 1.82) is 0 Å². The average molecular weight is 870 g/mol. The first-order valence-corrected chi connectivity index (χ1v) is 21.9. The molecule has 3 aliphatic heterocycles. The van der Waals surface area contributed by atoms with E-state index in [2.05, 4.69) is 31.3 Å². The van der Waals surface area contributed by atoms with Crippen LogP contribution in [0.15, 0.2) is 12.2 Å². The molecular formula is C41H75NO18. The minimum Gasteiger partial charge on any atom is -0.394 e. The Bertz CT molecular complexity index is 1180. The Balaban J connectivity index is 1.59. The molecule has 1 amide bonds. The van der Waals surface area contributed by atoms with Crippen LogP contribution in [0.2, 0.25) is 0 Å². The van der Waals surface area contributed by atoms with Crippen molar-refractivity contribution in [2.45, 2.75) is 214 Å². The van der Waals surface area contributed by atoms with Gasteiger partial charge in [0.05, 0.1) is 38.6 Å². The van der Waals surface area contributed by atoms with Crippen LogP contribution in [0.25, 0.3) is 0 Å². The number of carbonyl (C=O) groups is 1. The number of aliphatic hydroxyl groups is 11. The summed E-state index contributed by atoms with van der Waals surface area (Å²) in [7, 11) is 0. The number of hydrogen-bond donors (Lipinski definition) is 12. The number of nitrogens with one attached hydrogen (secondary N) is 1. The molecular weight excluding hydrogens is 794 g/mol. The minimum absolute atomic E-state index is 0.255. The Kier molecular flexibility index (Phi) is 25.0. The first kappa shape index (κ1) is 52.9. The number of ether oxygens (including phenoxy) is 6. The predicted molar refractivity (Wildman–Crippen MR) is 213 cm³/mol. The van der Waals surface area contributed by atoms with E-state index in [1.807, 2.05) is 0 Å².